The van der Waals surface area contributed by atoms with Gasteiger partial charge in [0.15, 0.2) is 6.29 Å². The zero-order valence-corrected chi connectivity index (χ0v) is 20.6. The van der Waals surface area contributed by atoms with Crippen molar-refractivity contribution in [1.82, 2.24) is 4.90 Å². The van der Waals surface area contributed by atoms with Crippen molar-refractivity contribution in [2.24, 2.45) is 5.73 Å². The predicted octanol–water partition coefficient (Wildman–Crippen LogP) is 4.31. The number of hydrogen-bond acceptors (Lipinski definition) is 6. The Hall–Kier alpha value is -2.58. The van der Waals surface area contributed by atoms with Crippen LogP contribution in [0.4, 0.5) is 0 Å². The second kappa shape index (κ2) is 11.6. The summed E-state index contributed by atoms with van der Waals surface area (Å²) in [7, 11) is 0. The fourth-order valence-electron chi connectivity index (χ4n) is 5.44. The summed E-state index contributed by atoms with van der Waals surface area (Å²) >= 11 is 0. The highest BCUT2D eigenvalue weighted by molar-refractivity contribution is 5.67. The van der Waals surface area contributed by atoms with Crippen LogP contribution >= 0.6 is 0 Å². The number of nitrogens with zero attached hydrogens (tertiary/aromatic N) is 1. The van der Waals surface area contributed by atoms with Gasteiger partial charge in [-0.25, -0.2) is 0 Å². The van der Waals surface area contributed by atoms with Gasteiger partial charge in [-0.05, 0) is 47.2 Å². The smallest absolute Gasteiger partial charge is 0.184 e. The number of aliphatic hydroxyl groups is 2. The monoisotopic (exact) mass is 488 g/mol. The summed E-state index contributed by atoms with van der Waals surface area (Å²) in [5.74, 6) is 0. The Morgan fingerprint density at radius 1 is 0.889 bits per heavy atom. The summed E-state index contributed by atoms with van der Waals surface area (Å²) in [6, 6.07) is 24.7. The molecule has 0 spiro atoms. The van der Waals surface area contributed by atoms with Crippen LogP contribution in [0, 0.1) is 0 Å². The van der Waals surface area contributed by atoms with Crippen LogP contribution in [-0.2, 0) is 22.6 Å². The molecule has 3 aromatic rings. The Kier molecular flexibility index (Phi) is 8.12. The highest BCUT2D eigenvalue weighted by Crippen LogP contribution is 2.39. The third-order valence-electron chi connectivity index (χ3n) is 7.49. The maximum absolute atomic E-state index is 9.80. The van der Waals surface area contributed by atoms with E-state index in [0.29, 0.717) is 6.54 Å². The van der Waals surface area contributed by atoms with Crippen LogP contribution in [0.5, 0.6) is 0 Å². The average Bonchev–Trinajstić information content (AvgIpc) is 3.40. The van der Waals surface area contributed by atoms with Gasteiger partial charge in [-0.3, -0.25) is 4.90 Å². The number of likely N-dealkylation sites (tertiary alicyclic amines) is 1. The van der Waals surface area contributed by atoms with Gasteiger partial charge in [-0.1, -0.05) is 72.8 Å². The summed E-state index contributed by atoms with van der Waals surface area (Å²) in [6.45, 7) is 2.47. The molecular weight excluding hydrogens is 452 g/mol. The van der Waals surface area contributed by atoms with Gasteiger partial charge in [-0.15, -0.1) is 0 Å². The second-order valence-corrected chi connectivity index (χ2v) is 9.81. The standard InChI is InChI=1S/C30H36N2O4/c31-17-25-4-1-2-6-28(25)22-11-13-24(14-12-22)30-35-27(18-32-15-3-5-26(32)20-34)16-29(36-30)23-9-7-21(19-33)8-10-23/h1-2,4,6-14,26-27,29-30,33-34H,3,5,15-20,31H2/t26-,27+,29-,30-/m1/s1. The third-order valence-corrected chi connectivity index (χ3v) is 7.49. The zero-order chi connectivity index (χ0) is 24.9. The Bertz CT molecular complexity index is 1120. The summed E-state index contributed by atoms with van der Waals surface area (Å²) in [4.78, 5) is 2.35. The SMILES string of the molecule is NCc1ccccc1-c1ccc([C@@H]2O[C@H](CN3CCC[C@@H]3CO)C[C@H](c3ccc(CO)cc3)O2)cc1. The Balaban J connectivity index is 1.38. The highest BCUT2D eigenvalue weighted by atomic mass is 16.7. The molecule has 2 saturated heterocycles. The van der Waals surface area contributed by atoms with Crippen molar-refractivity contribution < 1.29 is 19.7 Å². The lowest BCUT2D eigenvalue weighted by Gasteiger charge is -2.38. The number of nitrogens with two attached hydrogens (primary N) is 1. The summed E-state index contributed by atoms with van der Waals surface area (Å²) < 4.78 is 13.0. The Morgan fingerprint density at radius 3 is 2.36 bits per heavy atom. The molecule has 4 atom stereocenters. The van der Waals surface area contributed by atoms with Gasteiger partial charge in [0.2, 0.25) is 0 Å². The Morgan fingerprint density at radius 2 is 1.64 bits per heavy atom. The predicted molar refractivity (Wildman–Crippen MR) is 140 cm³/mol. The summed E-state index contributed by atoms with van der Waals surface area (Å²) in [5.41, 5.74) is 12.3. The molecule has 0 aromatic heterocycles. The normalized spacial score (nSPS) is 24.8. The lowest BCUT2D eigenvalue weighted by atomic mass is 9.97. The van der Waals surface area contributed by atoms with E-state index in [2.05, 4.69) is 41.3 Å². The number of hydrogen-bond donors (Lipinski definition) is 3. The van der Waals surface area contributed by atoms with Crippen LogP contribution < -0.4 is 5.73 Å². The van der Waals surface area contributed by atoms with Crippen LogP contribution in [0.1, 0.15) is 53.9 Å². The van der Waals surface area contributed by atoms with Crippen LogP contribution in [0.2, 0.25) is 0 Å². The molecule has 5 rings (SSSR count). The molecule has 2 fully saturated rings. The van der Waals surface area contributed by atoms with Crippen LogP contribution in [0.3, 0.4) is 0 Å². The Labute approximate surface area is 213 Å². The van der Waals surface area contributed by atoms with Gasteiger partial charge >= 0.3 is 0 Å². The molecule has 0 aliphatic carbocycles. The van der Waals surface area contributed by atoms with Crippen molar-refractivity contribution in [1.29, 1.82) is 0 Å². The number of rotatable bonds is 8. The maximum atomic E-state index is 9.80. The fraction of sp³-hybridized carbons (Fsp3) is 0.400. The second-order valence-electron chi connectivity index (χ2n) is 9.81. The molecule has 0 bridgehead atoms. The molecular formula is C30H36N2O4. The number of ether oxygens (including phenoxy) is 2. The largest absolute Gasteiger partial charge is 0.395 e. The van der Waals surface area contributed by atoms with E-state index in [1.165, 1.54) is 0 Å². The summed E-state index contributed by atoms with van der Waals surface area (Å²) in [6.07, 6.45) is 2.26. The number of benzene rings is 3. The first-order chi connectivity index (χ1) is 17.7. The summed E-state index contributed by atoms with van der Waals surface area (Å²) in [5, 5.41) is 19.2. The van der Waals surface area contributed by atoms with Gasteiger partial charge in [0, 0.05) is 31.1 Å². The van der Waals surface area contributed by atoms with E-state index >= 15 is 0 Å². The number of aliphatic hydroxyl groups excluding tert-OH is 2. The molecule has 0 radical (unpaired) electrons. The van der Waals surface area contributed by atoms with Crippen LogP contribution in [-0.4, -0.2) is 47.0 Å². The van der Waals surface area contributed by atoms with E-state index in [0.717, 1.165) is 65.7 Å². The van der Waals surface area contributed by atoms with Gasteiger partial charge < -0.3 is 25.4 Å². The lowest BCUT2D eigenvalue weighted by molar-refractivity contribution is -0.253. The topological polar surface area (TPSA) is 88.2 Å². The highest BCUT2D eigenvalue weighted by Gasteiger charge is 2.35. The molecule has 0 unspecified atom stereocenters. The molecule has 6 heteroatoms. The molecule has 2 aliphatic rings. The van der Waals surface area contributed by atoms with E-state index in [1.807, 2.05) is 36.4 Å². The van der Waals surface area contributed by atoms with Crippen LogP contribution in [0.25, 0.3) is 11.1 Å². The van der Waals surface area contributed by atoms with Gasteiger partial charge in [0.05, 0.1) is 25.4 Å². The maximum Gasteiger partial charge on any atom is 0.184 e. The van der Waals surface area contributed by atoms with E-state index in [-0.39, 0.29) is 31.5 Å². The molecule has 3 aromatic carbocycles. The molecule has 190 valence electrons. The third kappa shape index (κ3) is 5.54. The van der Waals surface area contributed by atoms with E-state index in [9.17, 15) is 10.2 Å². The van der Waals surface area contributed by atoms with E-state index < -0.39 is 6.29 Å². The van der Waals surface area contributed by atoms with Crippen molar-refractivity contribution in [3.63, 3.8) is 0 Å². The van der Waals surface area contributed by atoms with Crippen LogP contribution in [0.15, 0.2) is 72.8 Å². The first-order valence-electron chi connectivity index (χ1n) is 12.9. The van der Waals surface area contributed by atoms with Gasteiger partial charge in [0.1, 0.15) is 0 Å². The minimum Gasteiger partial charge on any atom is -0.395 e. The quantitative estimate of drug-likeness (QED) is 0.438. The van der Waals surface area contributed by atoms with Crippen molar-refractivity contribution in [3.8, 4) is 11.1 Å². The van der Waals surface area contributed by atoms with Crippen molar-refractivity contribution in [2.45, 2.75) is 57.0 Å². The minimum absolute atomic E-state index is 0.0175. The molecule has 2 heterocycles. The first kappa shape index (κ1) is 25.1. The van der Waals surface area contributed by atoms with Gasteiger partial charge in [-0.2, -0.15) is 0 Å². The first-order valence-corrected chi connectivity index (χ1v) is 12.9. The fourth-order valence-corrected chi connectivity index (χ4v) is 5.44. The zero-order valence-electron chi connectivity index (χ0n) is 20.6. The van der Waals surface area contributed by atoms with Crippen molar-refractivity contribution in [2.75, 3.05) is 19.7 Å². The van der Waals surface area contributed by atoms with Gasteiger partial charge in [0.25, 0.3) is 0 Å². The lowest BCUT2D eigenvalue weighted by Crippen LogP contribution is -2.42. The van der Waals surface area contributed by atoms with E-state index in [1.54, 1.807) is 0 Å². The van der Waals surface area contributed by atoms with Crippen molar-refractivity contribution in [3.05, 3.63) is 95.1 Å². The molecule has 0 saturated carbocycles. The molecule has 36 heavy (non-hydrogen) atoms. The average molecular weight is 489 g/mol. The minimum atomic E-state index is -0.486. The van der Waals surface area contributed by atoms with E-state index in [4.69, 9.17) is 15.2 Å². The molecule has 4 N–H and O–H groups in total. The molecule has 0 amide bonds. The van der Waals surface area contributed by atoms with Crippen molar-refractivity contribution >= 4 is 0 Å². The molecule has 2 aliphatic heterocycles. The molecule has 6 nitrogen and oxygen atoms in total.